The first kappa shape index (κ1) is 12.1. The van der Waals surface area contributed by atoms with Gasteiger partial charge in [0.25, 0.3) is 0 Å². The number of methoxy groups -OCH3 is 1. The van der Waals surface area contributed by atoms with Gasteiger partial charge in [0.2, 0.25) is 0 Å². The number of halogens is 1. The Balaban J connectivity index is 0.00000121. The van der Waals surface area contributed by atoms with E-state index in [-0.39, 0.29) is 18.4 Å². The van der Waals surface area contributed by atoms with E-state index in [4.69, 9.17) is 4.74 Å². The summed E-state index contributed by atoms with van der Waals surface area (Å²) in [5, 5.41) is 21.7. The van der Waals surface area contributed by atoms with Crippen molar-refractivity contribution in [2.45, 2.75) is 24.7 Å². The molecule has 0 aromatic carbocycles. The van der Waals surface area contributed by atoms with Gasteiger partial charge in [-0.2, -0.15) is 0 Å². The Hall–Kier alpha value is 0.130. The minimum Gasteiger partial charge on any atom is -0.390 e. The topological polar surface area (TPSA) is 61.7 Å². The van der Waals surface area contributed by atoms with Crippen molar-refractivity contribution in [2.24, 2.45) is 0 Å². The molecule has 3 atom stereocenters. The van der Waals surface area contributed by atoms with Crippen molar-refractivity contribution >= 4 is 12.4 Å². The molecule has 0 bridgehead atoms. The summed E-state index contributed by atoms with van der Waals surface area (Å²) in [7, 11) is 1.58. The molecule has 1 heterocycles. The highest BCUT2D eigenvalue weighted by Gasteiger charge is 2.29. The van der Waals surface area contributed by atoms with Crippen LogP contribution in [0.15, 0.2) is 0 Å². The van der Waals surface area contributed by atoms with Crippen LogP contribution in [-0.2, 0) is 4.74 Å². The first-order valence-electron chi connectivity index (χ1n) is 3.84. The molecule has 74 valence electrons. The van der Waals surface area contributed by atoms with Gasteiger partial charge in [0, 0.05) is 7.11 Å². The second kappa shape index (κ2) is 5.72. The number of hydrogen-bond donors (Lipinski definition) is 3. The molecular weight excluding hydrogens is 182 g/mol. The summed E-state index contributed by atoms with van der Waals surface area (Å²) in [4.78, 5) is 0. The zero-order valence-electron chi connectivity index (χ0n) is 7.06. The molecular formula is C7H16ClNO3. The molecule has 12 heavy (non-hydrogen) atoms. The molecule has 0 aromatic rings. The van der Waals surface area contributed by atoms with E-state index in [1.54, 1.807) is 7.11 Å². The fourth-order valence-electron chi connectivity index (χ4n) is 1.31. The van der Waals surface area contributed by atoms with Crippen molar-refractivity contribution < 1.29 is 14.9 Å². The Morgan fingerprint density at radius 2 is 2.17 bits per heavy atom. The Kier molecular flexibility index (Phi) is 5.78. The third-order valence-electron chi connectivity index (χ3n) is 2.00. The van der Waals surface area contributed by atoms with E-state index in [1.807, 2.05) is 0 Å². The second-order valence-corrected chi connectivity index (χ2v) is 2.86. The van der Waals surface area contributed by atoms with E-state index in [0.717, 1.165) is 6.54 Å². The molecule has 0 aliphatic carbocycles. The smallest absolute Gasteiger partial charge is 0.0974 e. The van der Waals surface area contributed by atoms with Crippen LogP contribution < -0.4 is 5.32 Å². The summed E-state index contributed by atoms with van der Waals surface area (Å²) < 4.78 is 4.87. The summed E-state index contributed by atoms with van der Waals surface area (Å²) in [5.74, 6) is 0. The summed E-state index contributed by atoms with van der Waals surface area (Å²) in [5.41, 5.74) is 0. The van der Waals surface area contributed by atoms with Crippen LogP contribution in [0.4, 0.5) is 0 Å². The van der Waals surface area contributed by atoms with Crippen LogP contribution in [0.25, 0.3) is 0 Å². The Morgan fingerprint density at radius 1 is 1.50 bits per heavy atom. The van der Waals surface area contributed by atoms with Crippen LogP contribution in [-0.4, -0.2) is 48.7 Å². The van der Waals surface area contributed by atoms with Crippen molar-refractivity contribution in [3.8, 4) is 0 Å². The molecule has 1 aliphatic heterocycles. The quantitative estimate of drug-likeness (QED) is 0.539. The maximum atomic E-state index is 9.38. The highest BCUT2D eigenvalue weighted by atomic mass is 35.5. The van der Waals surface area contributed by atoms with Crippen LogP contribution in [0.2, 0.25) is 0 Å². The molecule has 1 aliphatic rings. The van der Waals surface area contributed by atoms with Crippen molar-refractivity contribution in [3.05, 3.63) is 0 Å². The van der Waals surface area contributed by atoms with Crippen molar-refractivity contribution in [1.82, 2.24) is 5.32 Å². The molecule has 0 saturated carbocycles. The monoisotopic (exact) mass is 197 g/mol. The fourth-order valence-corrected chi connectivity index (χ4v) is 1.31. The van der Waals surface area contributed by atoms with Crippen LogP contribution in [0.5, 0.6) is 0 Å². The minimum atomic E-state index is -0.691. The van der Waals surface area contributed by atoms with E-state index in [9.17, 15) is 10.2 Å². The number of aliphatic hydroxyl groups excluding tert-OH is 2. The zero-order chi connectivity index (χ0) is 8.27. The number of hydrogen-bond acceptors (Lipinski definition) is 4. The molecule has 1 fully saturated rings. The van der Waals surface area contributed by atoms with Gasteiger partial charge in [-0.3, -0.25) is 0 Å². The maximum Gasteiger partial charge on any atom is 0.0974 e. The van der Waals surface area contributed by atoms with Crippen LogP contribution >= 0.6 is 12.4 Å². The summed E-state index contributed by atoms with van der Waals surface area (Å²) in [6.45, 7) is 1.18. The molecule has 0 spiro atoms. The maximum absolute atomic E-state index is 9.38. The number of aliphatic hydroxyl groups is 2. The molecule has 0 radical (unpaired) electrons. The molecule has 1 saturated heterocycles. The highest BCUT2D eigenvalue weighted by molar-refractivity contribution is 5.85. The lowest BCUT2D eigenvalue weighted by molar-refractivity contribution is -0.0429. The standard InChI is InChI=1S/C7H15NO3.ClH/c1-11-4-5-7(10)6(9)2-3-8-5;/h5-10H,2-4H2,1H3;1H/t5?,6-,7+;/m1./s1. The van der Waals surface area contributed by atoms with Gasteiger partial charge in [0.15, 0.2) is 0 Å². The highest BCUT2D eigenvalue weighted by Crippen LogP contribution is 2.09. The van der Waals surface area contributed by atoms with E-state index in [1.165, 1.54) is 0 Å². The van der Waals surface area contributed by atoms with Gasteiger partial charge in [-0.15, -0.1) is 12.4 Å². The van der Waals surface area contributed by atoms with E-state index in [2.05, 4.69) is 5.32 Å². The van der Waals surface area contributed by atoms with Crippen molar-refractivity contribution in [3.63, 3.8) is 0 Å². The fraction of sp³-hybridized carbons (Fsp3) is 1.00. The van der Waals surface area contributed by atoms with E-state index >= 15 is 0 Å². The van der Waals surface area contributed by atoms with Crippen molar-refractivity contribution in [1.29, 1.82) is 0 Å². The summed E-state index contributed by atoms with van der Waals surface area (Å²) in [6.07, 6.45) is -0.679. The first-order chi connectivity index (χ1) is 5.25. The van der Waals surface area contributed by atoms with Gasteiger partial charge < -0.3 is 20.3 Å². The molecule has 0 amide bonds. The lowest BCUT2D eigenvalue weighted by Gasteiger charge is -2.32. The molecule has 5 heteroatoms. The van der Waals surface area contributed by atoms with Gasteiger partial charge in [-0.1, -0.05) is 0 Å². The second-order valence-electron chi connectivity index (χ2n) is 2.86. The van der Waals surface area contributed by atoms with Gasteiger partial charge in [-0.25, -0.2) is 0 Å². The van der Waals surface area contributed by atoms with E-state index in [0.29, 0.717) is 13.0 Å². The SMILES string of the molecule is COCC1NCC[C@@H](O)[C@H]1O.Cl. The molecule has 4 nitrogen and oxygen atoms in total. The van der Waals surface area contributed by atoms with Crippen LogP contribution in [0.1, 0.15) is 6.42 Å². The summed E-state index contributed by atoms with van der Waals surface area (Å²) in [6, 6.07) is -0.122. The number of ether oxygens (including phenoxy) is 1. The zero-order valence-corrected chi connectivity index (χ0v) is 7.88. The Morgan fingerprint density at radius 3 is 2.75 bits per heavy atom. The third kappa shape index (κ3) is 2.88. The van der Waals surface area contributed by atoms with Gasteiger partial charge in [0.1, 0.15) is 0 Å². The van der Waals surface area contributed by atoms with Crippen LogP contribution in [0.3, 0.4) is 0 Å². The normalized spacial score (nSPS) is 35.8. The van der Waals surface area contributed by atoms with Gasteiger partial charge in [0.05, 0.1) is 24.9 Å². The predicted molar refractivity (Wildman–Crippen MR) is 47.5 cm³/mol. The number of nitrogens with one attached hydrogen (secondary N) is 1. The third-order valence-corrected chi connectivity index (χ3v) is 2.00. The average Bonchev–Trinajstić information content (AvgIpc) is 1.99. The largest absolute Gasteiger partial charge is 0.390 e. The molecule has 1 unspecified atom stereocenters. The lowest BCUT2D eigenvalue weighted by atomic mass is 9.99. The van der Waals surface area contributed by atoms with Gasteiger partial charge in [-0.05, 0) is 13.0 Å². The molecule has 0 aromatic heterocycles. The Bertz CT molecular complexity index is 123. The minimum absolute atomic E-state index is 0. The first-order valence-corrected chi connectivity index (χ1v) is 3.84. The van der Waals surface area contributed by atoms with Gasteiger partial charge >= 0.3 is 0 Å². The van der Waals surface area contributed by atoms with E-state index < -0.39 is 12.2 Å². The summed E-state index contributed by atoms with van der Waals surface area (Å²) >= 11 is 0. The number of rotatable bonds is 2. The van der Waals surface area contributed by atoms with Crippen molar-refractivity contribution in [2.75, 3.05) is 20.3 Å². The van der Waals surface area contributed by atoms with Crippen LogP contribution in [0, 0.1) is 0 Å². The number of piperidine rings is 1. The predicted octanol–water partition coefficient (Wildman–Crippen LogP) is -0.862. The lowest BCUT2D eigenvalue weighted by Crippen LogP contribution is -2.54. The molecule has 1 rings (SSSR count). The average molecular weight is 198 g/mol. The molecule has 3 N–H and O–H groups in total. The Labute approximate surface area is 78.3 Å².